The van der Waals surface area contributed by atoms with E-state index >= 15 is 0 Å². The fourth-order valence-electron chi connectivity index (χ4n) is 2.24. The van der Waals surface area contributed by atoms with Crippen LogP contribution in [-0.4, -0.2) is 54.0 Å². The van der Waals surface area contributed by atoms with Crippen molar-refractivity contribution in [2.75, 3.05) is 33.4 Å². The Bertz CT molecular complexity index is 612. The maximum Gasteiger partial charge on any atom is 0.254 e. The second kappa shape index (κ2) is 9.02. The monoisotopic (exact) mass is 317 g/mol. The first kappa shape index (κ1) is 17.1. The number of nitrogens with one attached hydrogen (secondary N) is 2. The van der Waals surface area contributed by atoms with E-state index in [1.54, 1.807) is 24.2 Å². The molecule has 0 fully saturated rings. The lowest BCUT2D eigenvalue weighted by molar-refractivity contribution is 0.0952. The first-order valence-electron chi connectivity index (χ1n) is 7.74. The summed E-state index contributed by atoms with van der Waals surface area (Å²) in [6.07, 6.45) is 4.01. The number of carbonyl (C=O) groups excluding carboxylic acids is 1. The fourth-order valence-corrected chi connectivity index (χ4v) is 2.24. The lowest BCUT2D eigenvalue weighted by Crippen LogP contribution is -2.33. The van der Waals surface area contributed by atoms with Crippen LogP contribution in [-0.2, 0) is 11.2 Å². The number of rotatable bonds is 9. The average molecular weight is 317 g/mol. The molecule has 0 saturated heterocycles. The lowest BCUT2D eigenvalue weighted by Gasteiger charge is -2.08. The average Bonchev–Trinajstić information content (AvgIpc) is 3.02. The fraction of sp³-hybridized carbons (Fsp3) is 0.438. The normalized spacial score (nSPS) is 10.7. The Hall–Kier alpha value is -2.25. The zero-order chi connectivity index (χ0) is 16.5. The van der Waals surface area contributed by atoms with Crippen molar-refractivity contribution >= 4 is 5.91 Å². The van der Waals surface area contributed by atoms with Crippen LogP contribution in [0.1, 0.15) is 23.0 Å². The number of amides is 1. The largest absolute Gasteiger partial charge is 0.383 e. The molecule has 0 saturated carbocycles. The molecule has 0 unspecified atom stereocenters. The molecule has 0 radical (unpaired) electrons. The van der Waals surface area contributed by atoms with Crippen LogP contribution in [0.15, 0.2) is 30.6 Å². The van der Waals surface area contributed by atoms with Crippen LogP contribution in [0, 0.1) is 0 Å². The maximum atomic E-state index is 12.3. The molecule has 0 aliphatic rings. The quantitative estimate of drug-likeness (QED) is 0.669. The number of aromatic nitrogens is 3. The summed E-state index contributed by atoms with van der Waals surface area (Å²) < 4.78 is 6.66. The Morgan fingerprint density at radius 3 is 2.87 bits per heavy atom. The van der Waals surface area contributed by atoms with Gasteiger partial charge < -0.3 is 15.4 Å². The van der Waals surface area contributed by atoms with Crippen LogP contribution in [0.2, 0.25) is 0 Å². The van der Waals surface area contributed by atoms with Crippen LogP contribution in [0.25, 0.3) is 5.82 Å². The summed E-state index contributed by atoms with van der Waals surface area (Å²) in [6.45, 7) is 4.68. The van der Waals surface area contributed by atoms with E-state index in [-0.39, 0.29) is 5.91 Å². The van der Waals surface area contributed by atoms with E-state index < -0.39 is 0 Å². The van der Waals surface area contributed by atoms with E-state index in [0.717, 1.165) is 12.2 Å². The predicted octanol–water partition coefficient (Wildman–Crippen LogP) is 0.796. The van der Waals surface area contributed by atoms with Gasteiger partial charge in [0.05, 0.1) is 24.1 Å². The van der Waals surface area contributed by atoms with Gasteiger partial charge in [0.15, 0.2) is 5.82 Å². The molecule has 1 amide bonds. The third-order valence-corrected chi connectivity index (χ3v) is 3.38. The van der Waals surface area contributed by atoms with Gasteiger partial charge in [0, 0.05) is 32.9 Å². The summed E-state index contributed by atoms with van der Waals surface area (Å²) in [7, 11) is 1.66. The smallest absolute Gasteiger partial charge is 0.254 e. The zero-order valence-electron chi connectivity index (χ0n) is 13.6. The van der Waals surface area contributed by atoms with Crippen molar-refractivity contribution in [2.24, 2.45) is 0 Å². The Morgan fingerprint density at radius 1 is 1.30 bits per heavy atom. The highest BCUT2D eigenvalue weighted by Gasteiger charge is 2.17. The summed E-state index contributed by atoms with van der Waals surface area (Å²) in [6, 6.07) is 5.62. The van der Waals surface area contributed by atoms with Gasteiger partial charge in [-0.25, -0.2) is 9.67 Å². The summed E-state index contributed by atoms with van der Waals surface area (Å²) in [5, 5.41) is 10.4. The molecule has 2 heterocycles. The third kappa shape index (κ3) is 4.61. The first-order valence-corrected chi connectivity index (χ1v) is 7.74. The molecule has 0 atom stereocenters. The van der Waals surface area contributed by atoms with Crippen LogP contribution in [0.3, 0.4) is 0 Å². The molecule has 7 nitrogen and oxygen atoms in total. The van der Waals surface area contributed by atoms with Crippen molar-refractivity contribution in [1.29, 1.82) is 0 Å². The molecule has 2 aromatic rings. The molecule has 2 N–H and O–H groups in total. The van der Waals surface area contributed by atoms with Gasteiger partial charge in [-0.1, -0.05) is 13.0 Å². The summed E-state index contributed by atoms with van der Waals surface area (Å²) in [5.74, 6) is 0.599. The lowest BCUT2D eigenvalue weighted by atomic mass is 10.2. The number of nitrogens with zero attached hydrogens (tertiary/aromatic N) is 3. The van der Waals surface area contributed by atoms with Crippen molar-refractivity contribution in [2.45, 2.75) is 13.3 Å². The van der Waals surface area contributed by atoms with E-state index in [2.05, 4.69) is 20.7 Å². The Kier molecular flexibility index (Phi) is 6.71. The Balaban J connectivity index is 1.97. The number of hydrogen-bond acceptors (Lipinski definition) is 5. The number of pyridine rings is 1. The van der Waals surface area contributed by atoms with Gasteiger partial charge in [0.25, 0.3) is 5.91 Å². The third-order valence-electron chi connectivity index (χ3n) is 3.38. The topological polar surface area (TPSA) is 81.1 Å². The second-order valence-electron chi connectivity index (χ2n) is 4.96. The molecule has 0 aliphatic carbocycles. The van der Waals surface area contributed by atoms with E-state index in [9.17, 15) is 4.79 Å². The summed E-state index contributed by atoms with van der Waals surface area (Å²) in [4.78, 5) is 16.6. The zero-order valence-corrected chi connectivity index (χ0v) is 13.6. The van der Waals surface area contributed by atoms with Crippen LogP contribution in [0.4, 0.5) is 0 Å². The van der Waals surface area contributed by atoms with E-state index in [1.807, 2.05) is 25.1 Å². The molecule has 0 spiro atoms. The maximum absolute atomic E-state index is 12.3. The summed E-state index contributed by atoms with van der Waals surface area (Å²) in [5.41, 5.74) is 1.45. The number of ether oxygens (including phenoxy) is 1. The van der Waals surface area contributed by atoms with Crippen molar-refractivity contribution in [3.05, 3.63) is 41.9 Å². The van der Waals surface area contributed by atoms with Crippen LogP contribution < -0.4 is 10.6 Å². The van der Waals surface area contributed by atoms with Crippen molar-refractivity contribution in [3.8, 4) is 5.82 Å². The highest BCUT2D eigenvalue weighted by molar-refractivity contribution is 5.95. The van der Waals surface area contributed by atoms with E-state index in [4.69, 9.17) is 4.74 Å². The van der Waals surface area contributed by atoms with Gasteiger partial charge in [-0.05, 0) is 18.6 Å². The molecule has 124 valence electrons. The van der Waals surface area contributed by atoms with Gasteiger partial charge in [-0.15, -0.1) is 0 Å². The van der Waals surface area contributed by atoms with E-state index in [0.29, 0.717) is 37.5 Å². The SMILES string of the molecule is CCc1c(C(=O)NCCNCCOC)cnn1-c1ccccn1. The molecule has 2 rings (SSSR count). The first-order chi connectivity index (χ1) is 11.3. The number of carbonyl (C=O) groups is 1. The van der Waals surface area contributed by atoms with E-state index in [1.165, 1.54) is 0 Å². The van der Waals surface area contributed by atoms with Gasteiger partial charge >= 0.3 is 0 Å². The highest BCUT2D eigenvalue weighted by Crippen LogP contribution is 2.13. The molecular weight excluding hydrogens is 294 g/mol. The number of hydrogen-bond donors (Lipinski definition) is 2. The summed E-state index contributed by atoms with van der Waals surface area (Å²) >= 11 is 0. The minimum Gasteiger partial charge on any atom is -0.383 e. The van der Waals surface area contributed by atoms with Crippen LogP contribution in [0.5, 0.6) is 0 Å². The Labute approximate surface area is 136 Å². The molecule has 0 aliphatic heterocycles. The molecule has 0 bridgehead atoms. The predicted molar refractivity (Wildman–Crippen MR) is 87.8 cm³/mol. The van der Waals surface area contributed by atoms with Crippen LogP contribution >= 0.6 is 0 Å². The second-order valence-corrected chi connectivity index (χ2v) is 4.96. The molecular formula is C16H23N5O2. The van der Waals surface area contributed by atoms with Gasteiger partial charge in [-0.2, -0.15) is 5.10 Å². The van der Waals surface area contributed by atoms with Gasteiger partial charge in [-0.3, -0.25) is 4.79 Å². The van der Waals surface area contributed by atoms with Gasteiger partial charge in [0.2, 0.25) is 0 Å². The van der Waals surface area contributed by atoms with Crippen molar-refractivity contribution in [3.63, 3.8) is 0 Å². The molecule has 7 heteroatoms. The Morgan fingerprint density at radius 2 is 2.17 bits per heavy atom. The van der Waals surface area contributed by atoms with Gasteiger partial charge in [0.1, 0.15) is 0 Å². The highest BCUT2D eigenvalue weighted by atomic mass is 16.5. The number of methoxy groups -OCH3 is 1. The minimum absolute atomic E-state index is 0.113. The van der Waals surface area contributed by atoms with Crippen molar-refractivity contribution in [1.82, 2.24) is 25.4 Å². The molecule has 2 aromatic heterocycles. The molecule has 0 aromatic carbocycles. The van der Waals surface area contributed by atoms with Crippen molar-refractivity contribution < 1.29 is 9.53 Å². The minimum atomic E-state index is -0.113. The standard InChI is InChI=1S/C16H23N5O2/c1-3-14-13(16(22)19-9-8-17-10-11-23-2)12-20-21(14)15-6-4-5-7-18-15/h4-7,12,17H,3,8-11H2,1-2H3,(H,19,22). The molecule has 23 heavy (non-hydrogen) atoms.